The third-order valence-electron chi connectivity index (χ3n) is 6.23. The lowest BCUT2D eigenvalue weighted by atomic mass is 10.1. The molecule has 1 amide bonds. The second-order valence-electron chi connectivity index (χ2n) is 8.85. The first-order chi connectivity index (χ1) is 18.0. The van der Waals surface area contributed by atoms with Crippen LogP contribution in [0.1, 0.15) is 33.1 Å². The van der Waals surface area contributed by atoms with Crippen LogP contribution in [-0.2, 0) is 26.1 Å². The van der Waals surface area contributed by atoms with Gasteiger partial charge in [-0.15, -0.1) is 0 Å². The number of nitrogens with one attached hydrogen (secondary N) is 2. The lowest BCUT2D eigenvalue weighted by Crippen LogP contribution is -2.26. The minimum absolute atomic E-state index is 0.152. The summed E-state index contributed by atoms with van der Waals surface area (Å²) in [4.78, 5) is 22.2. The molecule has 0 radical (unpaired) electrons. The third-order valence-corrected chi connectivity index (χ3v) is 6.23. The fraction of sp³-hybridized carbons (Fsp3) is 0.172. The molecule has 0 unspecified atom stereocenters. The first-order valence-corrected chi connectivity index (χ1v) is 12.0. The van der Waals surface area contributed by atoms with Gasteiger partial charge in [0.25, 0.3) is 5.91 Å². The Bertz CT molecular complexity index is 1490. The van der Waals surface area contributed by atoms with Crippen molar-refractivity contribution in [2.24, 2.45) is 0 Å². The molecule has 3 aromatic carbocycles. The van der Waals surface area contributed by atoms with E-state index in [1.54, 1.807) is 24.3 Å². The van der Waals surface area contributed by atoms with E-state index in [4.69, 9.17) is 4.42 Å². The van der Waals surface area contributed by atoms with Crippen molar-refractivity contribution in [2.45, 2.75) is 26.1 Å². The zero-order chi connectivity index (χ0) is 25.6. The standard InChI is InChI=1S/C29H26F2N4O2/c30-23-11-9-20(10-12-23)15-33-29(36)27-19-37-28(34-27)18-35(17-22-5-1-3-7-25(22)31)14-13-21-16-32-26-8-4-2-6-24(21)26/h1-12,16,19,32H,13-15,17-18H2,(H,33,36). The van der Waals surface area contributed by atoms with E-state index >= 15 is 0 Å². The van der Waals surface area contributed by atoms with Gasteiger partial charge in [-0.25, -0.2) is 13.8 Å². The van der Waals surface area contributed by atoms with Gasteiger partial charge in [0.05, 0.1) is 6.54 Å². The summed E-state index contributed by atoms with van der Waals surface area (Å²) in [6, 6.07) is 20.7. The van der Waals surface area contributed by atoms with Crippen molar-refractivity contribution in [3.63, 3.8) is 0 Å². The molecule has 37 heavy (non-hydrogen) atoms. The maximum atomic E-state index is 14.4. The van der Waals surface area contributed by atoms with Crippen molar-refractivity contribution in [3.8, 4) is 0 Å². The molecule has 0 bridgehead atoms. The maximum Gasteiger partial charge on any atom is 0.273 e. The van der Waals surface area contributed by atoms with Gasteiger partial charge in [0, 0.05) is 42.3 Å². The SMILES string of the molecule is O=C(NCc1ccc(F)cc1)c1coc(CN(CCc2c[nH]c3ccccc23)Cc2ccccc2F)n1. The zero-order valence-electron chi connectivity index (χ0n) is 20.1. The predicted molar refractivity (Wildman–Crippen MR) is 137 cm³/mol. The second-order valence-corrected chi connectivity index (χ2v) is 8.85. The number of amides is 1. The van der Waals surface area contributed by atoms with Crippen molar-refractivity contribution in [1.82, 2.24) is 20.2 Å². The van der Waals surface area contributed by atoms with E-state index in [1.165, 1.54) is 30.0 Å². The molecule has 0 atom stereocenters. The molecule has 0 fully saturated rings. The summed E-state index contributed by atoms with van der Waals surface area (Å²) in [5.41, 5.74) is 3.74. The van der Waals surface area contributed by atoms with Crippen LogP contribution in [0.5, 0.6) is 0 Å². The molecule has 0 spiro atoms. The molecule has 5 aromatic rings. The van der Waals surface area contributed by atoms with Gasteiger partial charge in [0.2, 0.25) is 5.89 Å². The summed E-state index contributed by atoms with van der Waals surface area (Å²) in [6.07, 6.45) is 4.06. The Morgan fingerprint density at radius 1 is 0.946 bits per heavy atom. The van der Waals surface area contributed by atoms with Crippen molar-refractivity contribution in [2.75, 3.05) is 6.54 Å². The van der Waals surface area contributed by atoms with Crippen LogP contribution in [0.2, 0.25) is 0 Å². The predicted octanol–water partition coefficient (Wildman–Crippen LogP) is 5.61. The lowest BCUT2D eigenvalue weighted by molar-refractivity contribution is 0.0945. The molecule has 188 valence electrons. The Hall–Kier alpha value is -4.30. The monoisotopic (exact) mass is 500 g/mol. The molecule has 8 heteroatoms. The maximum absolute atomic E-state index is 14.4. The highest BCUT2D eigenvalue weighted by atomic mass is 19.1. The first kappa shape index (κ1) is 24.4. The van der Waals surface area contributed by atoms with Crippen LogP contribution in [0.3, 0.4) is 0 Å². The van der Waals surface area contributed by atoms with E-state index in [0.29, 0.717) is 31.1 Å². The number of nitrogens with zero attached hydrogens (tertiary/aromatic N) is 2. The number of benzene rings is 3. The van der Waals surface area contributed by atoms with Gasteiger partial charge >= 0.3 is 0 Å². The van der Waals surface area contributed by atoms with Crippen LogP contribution >= 0.6 is 0 Å². The minimum atomic E-state index is -0.390. The average molecular weight is 501 g/mol. The zero-order valence-corrected chi connectivity index (χ0v) is 20.1. The van der Waals surface area contributed by atoms with Crippen molar-refractivity contribution >= 4 is 16.8 Å². The van der Waals surface area contributed by atoms with Gasteiger partial charge in [-0.3, -0.25) is 9.69 Å². The number of fused-ring (bicyclic) bond motifs is 1. The highest BCUT2D eigenvalue weighted by Gasteiger charge is 2.17. The Morgan fingerprint density at radius 2 is 1.73 bits per heavy atom. The van der Waals surface area contributed by atoms with E-state index in [0.717, 1.165) is 22.9 Å². The summed E-state index contributed by atoms with van der Waals surface area (Å²) < 4.78 is 33.1. The number of aromatic amines is 1. The van der Waals surface area contributed by atoms with Crippen molar-refractivity contribution in [1.29, 1.82) is 0 Å². The van der Waals surface area contributed by atoms with Gasteiger partial charge in [0.1, 0.15) is 17.9 Å². The molecule has 0 aliphatic carbocycles. The molecule has 0 aliphatic rings. The first-order valence-electron chi connectivity index (χ1n) is 12.0. The minimum Gasteiger partial charge on any atom is -0.447 e. The van der Waals surface area contributed by atoms with Crippen molar-refractivity contribution < 1.29 is 18.0 Å². The van der Waals surface area contributed by atoms with Crippen LogP contribution in [0.4, 0.5) is 8.78 Å². The molecular weight excluding hydrogens is 474 g/mol. The van der Waals surface area contributed by atoms with E-state index in [1.807, 2.05) is 35.4 Å². The lowest BCUT2D eigenvalue weighted by Gasteiger charge is -2.21. The van der Waals surface area contributed by atoms with Gasteiger partial charge in [-0.1, -0.05) is 48.5 Å². The number of para-hydroxylation sites is 1. The number of carbonyl (C=O) groups is 1. The molecule has 2 aromatic heterocycles. The number of carbonyl (C=O) groups excluding carboxylic acids is 1. The molecule has 0 saturated heterocycles. The Kier molecular flexibility index (Phi) is 7.37. The van der Waals surface area contributed by atoms with E-state index in [2.05, 4.69) is 21.4 Å². The molecule has 2 heterocycles. The number of hydrogen-bond acceptors (Lipinski definition) is 4. The summed E-state index contributed by atoms with van der Waals surface area (Å²) in [7, 11) is 0. The van der Waals surface area contributed by atoms with Crippen LogP contribution in [0.15, 0.2) is 89.7 Å². The number of hydrogen-bond donors (Lipinski definition) is 2. The number of oxazole rings is 1. The number of rotatable bonds is 10. The highest BCUT2D eigenvalue weighted by Crippen LogP contribution is 2.20. The third kappa shape index (κ3) is 6.10. The van der Waals surface area contributed by atoms with Crippen LogP contribution < -0.4 is 5.32 Å². The fourth-order valence-corrected chi connectivity index (χ4v) is 4.25. The van der Waals surface area contributed by atoms with Crippen molar-refractivity contribution in [3.05, 3.63) is 125 Å². The number of H-pyrrole nitrogens is 1. The average Bonchev–Trinajstić information content (AvgIpc) is 3.55. The Balaban J connectivity index is 1.26. The van der Waals surface area contributed by atoms with Crippen LogP contribution in [-0.4, -0.2) is 27.3 Å². The number of aromatic nitrogens is 2. The summed E-state index contributed by atoms with van der Waals surface area (Å²) >= 11 is 0. The van der Waals surface area contributed by atoms with E-state index in [-0.39, 0.29) is 23.9 Å². The molecule has 5 rings (SSSR count). The van der Waals surface area contributed by atoms with Gasteiger partial charge in [0.15, 0.2) is 5.69 Å². The highest BCUT2D eigenvalue weighted by molar-refractivity contribution is 5.91. The largest absolute Gasteiger partial charge is 0.447 e. The summed E-state index contributed by atoms with van der Waals surface area (Å²) in [6.45, 7) is 1.54. The normalized spacial score (nSPS) is 11.3. The number of halogens is 2. The van der Waals surface area contributed by atoms with Crippen LogP contribution in [0, 0.1) is 11.6 Å². The van der Waals surface area contributed by atoms with E-state index < -0.39 is 5.91 Å². The summed E-state index contributed by atoms with van der Waals surface area (Å²) in [5.74, 6) is -0.630. The molecular formula is C29H26F2N4O2. The van der Waals surface area contributed by atoms with E-state index in [9.17, 15) is 13.6 Å². The summed E-state index contributed by atoms with van der Waals surface area (Å²) in [5, 5.41) is 3.92. The molecule has 0 aliphatic heterocycles. The molecule has 6 nitrogen and oxygen atoms in total. The molecule has 2 N–H and O–H groups in total. The Morgan fingerprint density at radius 3 is 2.57 bits per heavy atom. The second kappa shape index (κ2) is 11.2. The molecule has 0 saturated carbocycles. The van der Waals surface area contributed by atoms with Gasteiger partial charge in [-0.05, 0) is 41.8 Å². The topological polar surface area (TPSA) is 74.2 Å². The smallest absolute Gasteiger partial charge is 0.273 e. The van der Waals surface area contributed by atoms with Gasteiger partial charge < -0.3 is 14.7 Å². The van der Waals surface area contributed by atoms with Gasteiger partial charge in [-0.2, -0.15) is 0 Å². The van der Waals surface area contributed by atoms with Crippen LogP contribution in [0.25, 0.3) is 10.9 Å². The quantitative estimate of drug-likeness (QED) is 0.262. The Labute approximate surface area is 212 Å². The fourth-order valence-electron chi connectivity index (χ4n) is 4.25.